The van der Waals surface area contributed by atoms with Crippen molar-refractivity contribution in [3.05, 3.63) is 45.4 Å². The van der Waals surface area contributed by atoms with Gasteiger partial charge in [0.05, 0.1) is 4.88 Å². The zero-order chi connectivity index (χ0) is 14.1. The quantitative estimate of drug-likeness (QED) is 0.911. The number of fused-ring (bicyclic) bond motifs is 1. The Hall–Kier alpha value is -1.68. The number of hydrogen-bond donors (Lipinski definition) is 1. The van der Waals surface area contributed by atoms with Crippen molar-refractivity contribution in [2.75, 3.05) is 5.32 Å². The summed E-state index contributed by atoms with van der Waals surface area (Å²) in [7, 11) is 0. The van der Waals surface area contributed by atoms with Crippen LogP contribution in [0.1, 0.15) is 39.0 Å². The van der Waals surface area contributed by atoms with E-state index < -0.39 is 0 Å². The monoisotopic (exact) mass is 286 g/mol. The lowest BCUT2D eigenvalue weighted by Crippen LogP contribution is -2.11. The number of carbonyl (C=O) groups excluding carboxylic acids is 1. The van der Waals surface area contributed by atoms with E-state index in [0.29, 0.717) is 0 Å². The minimum absolute atomic E-state index is 0.00801. The second-order valence-corrected chi connectivity index (χ2v) is 6.69. The first-order valence-corrected chi connectivity index (χ1v) is 7.78. The molecule has 3 rings (SSSR count). The molecule has 0 fully saturated rings. The molecule has 1 amide bonds. The Kier molecular flexibility index (Phi) is 3.57. The van der Waals surface area contributed by atoms with Crippen LogP contribution in [0.25, 0.3) is 0 Å². The average Bonchev–Trinajstić information content (AvgIpc) is 2.84. The van der Waals surface area contributed by atoms with Crippen molar-refractivity contribution in [3.8, 4) is 0 Å². The van der Waals surface area contributed by atoms with E-state index in [1.807, 2.05) is 13.0 Å². The number of pyridine rings is 1. The Bertz CT molecular complexity index is 648. The Balaban J connectivity index is 1.80. The fraction of sp³-hybridized carbons (Fsp3) is 0.375. The normalized spacial score (nSPS) is 17.6. The summed E-state index contributed by atoms with van der Waals surface area (Å²) in [6.07, 6.45) is 6.91. The van der Waals surface area contributed by atoms with Crippen LogP contribution in [0, 0.1) is 12.8 Å². The molecule has 0 bridgehead atoms. The van der Waals surface area contributed by atoms with Crippen LogP contribution in [-0.2, 0) is 12.8 Å². The van der Waals surface area contributed by atoms with Crippen molar-refractivity contribution in [1.82, 2.24) is 4.98 Å². The van der Waals surface area contributed by atoms with Crippen LogP contribution >= 0.6 is 11.3 Å². The van der Waals surface area contributed by atoms with Gasteiger partial charge in [0, 0.05) is 23.0 Å². The number of amides is 1. The van der Waals surface area contributed by atoms with Crippen molar-refractivity contribution in [1.29, 1.82) is 0 Å². The van der Waals surface area contributed by atoms with Gasteiger partial charge in [-0.25, -0.2) is 0 Å². The van der Waals surface area contributed by atoms with E-state index in [-0.39, 0.29) is 5.91 Å². The Morgan fingerprint density at radius 3 is 3.15 bits per heavy atom. The zero-order valence-electron chi connectivity index (χ0n) is 11.8. The number of nitrogens with zero attached hydrogens (tertiary/aromatic N) is 1. The Labute approximate surface area is 123 Å². The number of thiophene rings is 1. The van der Waals surface area contributed by atoms with Gasteiger partial charge in [-0.1, -0.05) is 6.92 Å². The van der Waals surface area contributed by atoms with Crippen LogP contribution in [0.5, 0.6) is 0 Å². The predicted octanol–water partition coefficient (Wildman–Crippen LogP) is 3.83. The second kappa shape index (κ2) is 5.37. The molecule has 0 aromatic carbocycles. The minimum atomic E-state index is -0.00801. The molecule has 2 aromatic heterocycles. The van der Waals surface area contributed by atoms with E-state index in [9.17, 15) is 4.79 Å². The first-order chi connectivity index (χ1) is 9.63. The van der Waals surface area contributed by atoms with Crippen molar-refractivity contribution in [2.24, 2.45) is 5.92 Å². The highest BCUT2D eigenvalue weighted by Crippen LogP contribution is 2.32. The molecule has 4 heteroatoms. The van der Waals surface area contributed by atoms with Crippen molar-refractivity contribution in [3.63, 3.8) is 0 Å². The number of rotatable bonds is 2. The van der Waals surface area contributed by atoms with E-state index in [0.717, 1.165) is 34.9 Å². The highest BCUT2D eigenvalue weighted by molar-refractivity contribution is 7.14. The topological polar surface area (TPSA) is 42.0 Å². The summed E-state index contributed by atoms with van der Waals surface area (Å²) in [6, 6.07) is 3.91. The molecule has 3 nitrogen and oxygen atoms in total. The van der Waals surface area contributed by atoms with Gasteiger partial charge >= 0.3 is 0 Å². The first-order valence-electron chi connectivity index (χ1n) is 6.97. The maximum Gasteiger partial charge on any atom is 0.265 e. The van der Waals surface area contributed by atoms with Crippen LogP contribution in [-0.4, -0.2) is 10.9 Å². The number of nitrogens with one attached hydrogen (secondary N) is 1. The molecular formula is C16H18N2OS. The third-order valence-corrected chi connectivity index (χ3v) is 5.06. The highest BCUT2D eigenvalue weighted by Gasteiger charge is 2.20. The van der Waals surface area contributed by atoms with Gasteiger partial charge in [-0.05, 0) is 55.4 Å². The molecule has 1 aliphatic carbocycles. The molecule has 1 unspecified atom stereocenters. The molecule has 0 saturated carbocycles. The molecule has 2 aromatic rings. The third kappa shape index (κ3) is 2.61. The van der Waals surface area contributed by atoms with E-state index in [1.165, 1.54) is 16.9 Å². The average molecular weight is 286 g/mol. The predicted molar refractivity (Wildman–Crippen MR) is 82.4 cm³/mol. The van der Waals surface area contributed by atoms with E-state index in [4.69, 9.17) is 0 Å². The standard InChI is InChI=1S/C16H18N2OS/c1-10-3-4-14-12(7-10)8-15(20-14)16(19)18-13-5-6-17-9-11(13)2/h5-6,8-10H,3-4,7H2,1-2H3,(H,17,18,19). The zero-order valence-corrected chi connectivity index (χ0v) is 12.6. The Morgan fingerprint density at radius 2 is 2.35 bits per heavy atom. The lowest BCUT2D eigenvalue weighted by atomic mass is 9.90. The fourth-order valence-electron chi connectivity index (χ4n) is 2.62. The number of carbonyl (C=O) groups is 1. The maximum atomic E-state index is 12.3. The molecule has 2 heterocycles. The summed E-state index contributed by atoms with van der Waals surface area (Å²) in [6.45, 7) is 4.23. The summed E-state index contributed by atoms with van der Waals surface area (Å²) in [5, 5.41) is 2.98. The number of anilines is 1. The second-order valence-electron chi connectivity index (χ2n) is 5.55. The van der Waals surface area contributed by atoms with Gasteiger partial charge in [0.2, 0.25) is 0 Å². The van der Waals surface area contributed by atoms with Gasteiger partial charge in [-0.15, -0.1) is 11.3 Å². The number of aryl methyl sites for hydroxylation is 2. The van der Waals surface area contributed by atoms with Gasteiger partial charge in [0.15, 0.2) is 0 Å². The smallest absolute Gasteiger partial charge is 0.265 e. The number of aromatic nitrogens is 1. The van der Waals surface area contributed by atoms with E-state index >= 15 is 0 Å². The first kappa shape index (κ1) is 13.3. The van der Waals surface area contributed by atoms with Gasteiger partial charge < -0.3 is 5.32 Å². The van der Waals surface area contributed by atoms with Crippen LogP contribution < -0.4 is 5.32 Å². The van der Waals surface area contributed by atoms with Crippen LogP contribution in [0.4, 0.5) is 5.69 Å². The SMILES string of the molecule is Cc1cnccc1NC(=O)c1cc2c(s1)CCC(C)C2. The van der Waals surface area contributed by atoms with E-state index in [2.05, 4.69) is 23.3 Å². The van der Waals surface area contributed by atoms with Crippen LogP contribution in [0.15, 0.2) is 24.5 Å². The lowest BCUT2D eigenvalue weighted by molar-refractivity contribution is 0.103. The molecule has 1 aliphatic rings. The van der Waals surface area contributed by atoms with Gasteiger partial charge in [-0.2, -0.15) is 0 Å². The maximum absolute atomic E-state index is 12.3. The molecule has 1 atom stereocenters. The molecular weight excluding hydrogens is 268 g/mol. The largest absolute Gasteiger partial charge is 0.321 e. The molecule has 0 spiro atoms. The van der Waals surface area contributed by atoms with Crippen LogP contribution in [0.3, 0.4) is 0 Å². The molecule has 0 aliphatic heterocycles. The summed E-state index contributed by atoms with van der Waals surface area (Å²) >= 11 is 1.64. The lowest BCUT2D eigenvalue weighted by Gasteiger charge is -2.16. The van der Waals surface area contributed by atoms with E-state index in [1.54, 1.807) is 23.7 Å². The molecule has 0 radical (unpaired) electrons. The van der Waals surface area contributed by atoms with Gasteiger partial charge in [0.1, 0.15) is 0 Å². The summed E-state index contributed by atoms with van der Waals surface area (Å²) in [5.41, 5.74) is 3.19. The van der Waals surface area contributed by atoms with Crippen LogP contribution in [0.2, 0.25) is 0 Å². The van der Waals surface area contributed by atoms with Crippen molar-refractivity contribution < 1.29 is 4.79 Å². The summed E-state index contributed by atoms with van der Waals surface area (Å²) in [5.74, 6) is 0.724. The van der Waals surface area contributed by atoms with Crippen molar-refractivity contribution in [2.45, 2.75) is 33.1 Å². The minimum Gasteiger partial charge on any atom is -0.321 e. The summed E-state index contributed by atoms with van der Waals surface area (Å²) < 4.78 is 0. The molecule has 104 valence electrons. The molecule has 20 heavy (non-hydrogen) atoms. The highest BCUT2D eigenvalue weighted by atomic mass is 32.1. The van der Waals surface area contributed by atoms with Gasteiger partial charge in [0.25, 0.3) is 5.91 Å². The fourth-order valence-corrected chi connectivity index (χ4v) is 3.72. The van der Waals surface area contributed by atoms with Crippen molar-refractivity contribution >= 4 is 22.9 Å². The number of hydrogen-bond acceptors (Lipinski definition) is 3. The molecule has 0 saturated heterocycles. The molecule has 1 N–H and O–H groups in total. The summed E-state index contributed by atoms with van der Waals surface area (Å²) in [4.78, 5) is 18.6. The Morgan fingerprint density at radius 1 is 1.50 bits per heavy atom. The third-order valence-electron chi connectivity index (χ3n) is 3.82. The van der Waals surface area contributed by atoms with Gasteiger partial charge in [-0.3, -0.25) is 9.78 Å².